The molecule has 0 N–H and O–H groups in total. The normalized spacial score (nSPS) is 32.9. The quantitative estimate of drug-likeness (QED) is 0.292. The fourth-order valence-electron chi connectivity index (χ4n) is 5.08. The summed E-state index contributed by atoms with van der Waals surface area (Å²) in [5.41, 5.74) is 1.92. The average Bonchev–Trinajstić information content (AvgIpc) is 2.59. The molecule has 0 saturated heterocycles. The molecule has 0 aromatic heterocycles. The molecule has 0 amide bonds. The number of carbonyl (C=O) groups is 3. The highest BCUT2D eigenvalue weighted by atomic mass is 79.9. The first-order valence-corrected chi connectivity index (χ1v) is 9.93. The van der Waals surface area contributed by atoms with Crippen molar-refractivity contribution in [3.05, 3.63) is 41.0 Å². The van der Waals surface area contributed by atoms with Gasteiger partial charge in [0.15, 0.2) is 11.6 Å². The Hall–Kier alpha value is -1.75. The van der Waals surface area contributed by atoms with Gasteiger partial charge >= 0.3 is 5.97 Å². The lowest BCUT2D eigenvalue weighted by molar-refractivity contribution is -0.131. The summed E-state index contributed by atoms with van der Waals surface area (Å²) in [7, 11) is 0. The maximum atomic E-state index is 13.6. The van der Waals surface area contributed by atoms with Gasteiger partial charge in [0.25, 0.3) is 0 Å². The van der Waals surface area contributed by atoms with E-state index in [1.54, 1.807) is 18.2 Å². The van der Waals surface area contributed by atoms with Crippen molar-refractivity contribution in [3.8, 4) is 5.75 Å². The summed E-state index contributed by atoms with van der Waals surface area (Å²) in [6.45, 7) is 3.47. The van der Waals surface area contributed by atoms with Crippen LogP contribution in [0.4, 0.5) is 0 Å². The number of allylic oxidation sites excluding steroid dienone is 2. The lowest BCUT2D eigenvalue weighted by Crippen LogP contribution is -2.57. The first kappa shape index (κ1) is 17.7. The molecule has 0 radical (unpaired) electrons. The van der Waals surface area contributed by atoms with Crippen LogP contribution in [-0.2, 0) is 4.79 Å². The first-order valence-electron chi connectivity index (χ1n) is 9.14. The molecule has 0 aliphatic heterocycles. The highest BCUT2D eigenvalue weighted by molar-refractivity contribution is 9.10. The minimum atomic E-state index is -0.893. The van der Waals surface area contributed by atoms with Crippen LogP contribution in [0.3, 0.4) is 0 Å². The summed E-state index contributed by atoms with van der Waals surface area (Å²) < 4.78 is 4.34. The summed E-state index contributed by atoms with van der Waals surface area (Å²) in [6, 6.07) is 4.93. The Balaban J connectivity index is 1.89. The van der Waals surface area contributed by atoms with Gasteiger partial charge in [-0.2, -0.15) is 0 Å². The zero-order valence-electron chi connectivity index (χ0n) is 14.9. The maximum absolute atomic E-state index is 13.6. The third-order valence-electron chi connectivity index (χ3n) is 6.10. The lowest BCUT2D eigenvalue weighted by atomic mass is 9.57. The van der Waals surface area contributed by atoms with Gasteiger partial charge in [0, 0.05) is 24.3 Å². The molecule has 136 valence electrons. The molecule has 1 aromatic carbocycles. The molecule has 5 heteroatoms. The van der Waals surface area contributed by atoms with E-state index in [9.17, 15) is 14.4 Å². The topological polar surface area (TPSA) is 60.4 Å². The van der Waals surface area contributed by atoms with Gasteiger partial charge in [-0.25, -0.2) is 0 Å². The van der Waals surface area contributed by atoms with E-state index in [2.05, 4.69) is 28.9 Å². The number of rotatable bonds is 1. The van der Waals surface area contributed by atoms with E-state index in [0.29, 0.717) is 17.9 Å². The SMILES string of the molecule is CC(=O)Oc1cccc2c1C(=O)C1CC=C3CCCC(C)C3C1(Br)C2=O. The van der Waals surface area contributed by atoms with Crippen molar-refractivity contribution < 1.29 is 19.1 Å². The van der Waals surface area contributed by atoms with Crippen molar-refractivity contribution in [2.45, 2.75) is 43.9 Å². The van der Waals surface area contributed by atoms with Crippen molar-refractivity contribution in [3.63, 3.8) is 0 Å². The fourth-order valence-corrected chi connectivity index (χ4v) is 6.43. The Morgan fingerprint density at radius 1 is 1.31 bits per heavy atom. The zero-order valence-corrected chi connectivity index (χ0v) is 16.5. The van der Waals surface area contributed by atoms with Crippen molar-refractivity contribution in [1.29, 1.82) is 0 Å². The van der Waals surface area contributed by atoms with Gasteiger partial charge in [-0.05, 0) is 37.7 Å². The highest BCUT2D eigenvalue weighted by Gasteiger charge is 2.60. The van der Waals surface area contributed by atoms with Crippen molar-refractivity contribution in [2.75, 3.05) is 0 Å². The lowest BCUT2D eigenvalue weighted by Gasteiger charge is -2.50. The molecule has 3 aliphatic carbocycles. The molecule has 0 bridgehead atoms. The van der Waals surface area contributed by atoms with Crippen molar-refractivity contribution >= 4 is 33.5 Å². The number of fused-ring (bicyclic) bond motifs is 4. The van der Waals surface area contributed by atoms with Crippen LogP contribution in [0.5, 0.6) is 5.75 Å². The van der Waals surface area contributed by atoms with Crippen molar-refractivity contribution in [2.24, 2.45) is 17.8 Å². The Kier molecular flexibility index (Phi) is 4.18. The van der Waals surface area contributed by atoms with Gasteiger partial charge in [-0.3, -0.25) is 14.4 Å². The van der Waals surface area contributed by atoms with E-state index in [-0.39, 0.29) is 28.8 Å². The van der Waals surface area contributed by atoms with Crippen LogP contribution in [0.15, 0.2) is 29.8 Å². The number of hydrogen-bond acceptors (Lipinski definition) is 4. The molecule has 0 spiro atoms. The van der Waals surface area contributed by atoms with Gasteiger partial charge in [0.2, 0.25) is 0 Å². The van der Waals surface area contributed by atoms with Crippen LogP contribution in [0.1, 0.15) is 60.2 Å². The minimum Gasteiger partial charge on any atom is -0.426 e. The predicted molar refractivity (Wildman–Crippen MR) is 101 cm³/mol. The number of ketones is 2. The number of esters is 1. The molecule has 0 heterocycles. The fraction of sp³-hybridized carbons (Fsp3) is 0.476. The molecule has 4 rings (SSSR count). The van der Waals surface area contributed by atoms with E-state index in [1.165, 1.54) is 12.5 Å². The van der Waals surface area contributed by atoms with Crippen LogP contribution < -0.4 is 4.74 Å². The monoisotopic (exact) mass is 416 g/mol. The summed E-state index contributed by atoms with van der Waals surface area (Å²) in [6.07, 6.45) is 5.89. The summed E-state index contributed by atoms with van der Waals surface area (Å²) in [5.74, 6) is -0.565. The molecular weight excluding hydrogens is 396 g/mol. The number of halogens is 1. The Labute approximate surface area is 161 Å². The number of carbonyl (C=O) groups excluding carboxylic acids is 3. The molecule has 4 atom stereocenters. The Bertz CT molecular complexity index is 856. The van der Waals surface area contributed by atoms with E-state index in [1.807, 2.05) is 0 Å². The van der Waals surface area contributed by atoms with Crippen LogP contribution >= 0.6 is 15.9 Å². The Morgan fingerprint density at radius 3 is 2.81 bits per heavy atom. The van der Waals surface area contributed by atoms with E-state index < -0.39 is 16.2 Å². The number of ether oxygens (including phenoxy) is 1. The summed E-state index contributed by atoms with van der Waals surface area (Å²) in [5, 5.41) is 0. The summed E-state index contributed by atoms with van der Waals surface area (Å²) >= 11 is 3.79. The van der Waals surface area contributed by atoms with Crippen LogP contribution in [0, 0.1) is 17.8 Å². The van der Waals surface area contributed by atoms with E-state index in [0.717, 1.165) is 19.3 Å². The maximum Gasteiger partial charge on any atom is 0.308 e. The molecule has 3 aliphatic rings. The smallest absolute Gasteiger partial charge is 0.308 e. The number of benzene rings is 1. The van der Waals surface area contributed by atoms with Gasteiger partial charge in [0.05, 0.1) is 5.56 Å². The Morgan fingerprint density at radius 2 is 2.08 bits per heavy atom. The number of Topliss-reactive ketones (excluding diaryl/α,β-unsaturated/α-hetero) is 2. The summed E-state index contributed by atoms with van der Waals surface area (Å²) in [4.78, 5) is 38.4. The van der Waals surface area contributed by atoms with Crippen LogP contribution in [0.25, 0.3) is 0 Å². The molecule has 4 unspecified atom stereocenters. The molecular formula is C21H21BrO4. The number of hydrogen-bond donors (Lipinski definition) is 0. The third-order valence-corrected chi connectivity index (χ3v) is 7.51. The van der Waals surface area contributed by atoms with Crippen LogP contribution in [0.2, 0.25) is 0 Å². The van der Waals surface area contributed by atoms with Gasteiger partial charge in [0.1, 0.15) is 10.1 Å². The second kappa shape index (κ2) is 6.15. The second-order valence-electron chi connectivity index (χ2n) is 7.65. The zero-order chi connectivity index (χ0) is 18.6. The average molecular weight is 417 g/mol. The van der Waals surface area contributed by atoms with Gasteiger partial charge in [-0.1, -0.05) is 46.6 Å². The first-order chi connectivity index (χ1) is 12.4. The largest absolute Gasteiger partial charge is 0.426 e. The molecule has 1 aromatic rings. The second-order valence-corrected chi connectivity index (χ2v) is 8.96. The highest BCUT2D eigenvalue weighted by Crippen LogP contribution is 2.57. The predicted octanol–water partition coefficient (Wildman–Crippen LogP) is 4.51. The van der Waals surface area contributed by atoms with E-state index in [4.69, 9.17) is 4.74 Å². The van der Waals surface area contributed by atoms with Gasteiger partial charge < -0.3 is 4.74 Å². The molecule has 4 nitrogen and oxygen atoms in total. The standard InChI is InChI=1S/C21H21BrO4/c1-11-5-3-6-13-9-10-15-19(24)17-14(20(25)21(15,22)18(11)13)7-4-8-16(17)26-12(2)23/h4,7-9,11,15,18H,3,5-6,10H2,1-2H3. The molecule has 26 heavy (non-hydrogen) atoms. The minimum absolute atomic E-state index is 0.0389. The molecule has 1 saturated carbocycles. The third kappa shape index (κ3) is 2.36. The van der Waals surface area contributed by atoms with Crippen molar-refractivity contribution in [1.82, 2.24) is 0 Å². The van der Waals surface area contributed by atoms with E-state index >= 15 is 0 Å². The van der Waals surface area contributed by atoms with Gasteiger partial charge in [-0.15, -0.1) is 0 Å². The van der Waals surface area contributed by atoms with Crippen LogP contribution in [-0.4, -0.2) is 21.9 Å². The number of alkyl halides is 1. The molecule has 1 fully saturated rings.